The number of rotatable bonds is 51. The van der Waals surface area contributed by atoms with Crippen LogP contribution in [0.1, 0.15) is 264 Å². The number of carbonyl (C=O) groups is 2. The number of ether oxygens (including phenoxy) is 2. The summed E-state index contributed by atoms with van der Waals surface area (Å²) in [6.45, 7) is 3.24. The van der Waals surface area contributed by atoms with Crippen LogP contribution in [0.2, 0.25) is 0 Å². The first-order valence-corrected chi connectivity index (χ1v) is 31.4. The van der Waals surface area contributed by atoms with Gasteiger partial charge in [0.25, 0.3) is 0 Å². The summed E-state index contributed by atoms with van der Waals surface area (Å²) >= 11 is 0. The first kappa shape index (κ1) is 69.8. The highest BCUT2D eigenvalue weighted by atomic mass is 31.2. The standard InChI is InChI=1S/C60H109O13P/c1-3-5-7-9-11-13-15-17-19-21-23-25-26-27-29-30-32-34-36-38-40-42-44-46-48-53(61)70-50-52(51-71-74(68,69)73-60-58(66)56(64)55(63)57(65)59(60)67)72-54(62)49-47-45-43-41-39-37-35-33-31-28-24-22-20-18-16-14-12-10-8-6-4-2/h6,8,12,14,18,20,24,28,52,55-60,63-67H,3-5,7,9-11,13,15-17,19,21-23,25-27,29-51H2,1-2H3,(H,68,69)/b8-6-,14-12-,20-18-,28-24-. The molecule has 0 radical (unpaired) electrons. The number of aliphatic hydroxyl groups is 5. The van der Waals surface area contributed by atoms with Gasteiger partial charge in [0.1, 0.15) is 43.2 Å². The maximum Gasteiger partial charge on any atom is 0.472 e. The van der Waals surface area contributed by atoms with E-state index in [1.54, 1.807) is 0 Å². The number of hydrogen-bond donors (Lipinski definition) is 6. The number of unbranched alkanes of at least 4 members (excludes halogenated alkanes) is 31. The highest BCUT2D eigenvalue weighted by molar-refractivity contribution is 7.47. The van der Waals surface area contributed by atoms with E-state index in [4.69, 9.17) is 18.5 Å². The number of carbonyl (C=O) groups excluding carboxylic acids is 2. The van der Waals surface area contributed by atoms with Gasteiger partial charge in [-0.2, -0.15) is 0 Å². The molecule has 0 bridgehead atoms. The molecule has 1 saturated carbocycles. The molecule has 0 amide bonds. The molecule has 1 fully saturated rings. The third-order valence-electron chi connectivity index (χ3n) is 13.9. The van der Waals surface area contributed by atoms with E-state index in [1.165, 1.54) is 141 Å². The van der Waals surface area contributed by atoms with Gasteiger partial charge >= 0.3 is 19.8 Å². The predicted molar refractivity (Wildman–Crippen MR) is 299 cm³/mol. The number of esters is 2. The molecule has 1 rings (SSSR count). The van der Waals surface area contributed by atoms with Crippen molar-refractivity contribution in [2.45, 2.75) is 307 Å². The maximum atomic E-state index is 12.9. The SMILES string of the molecule is CC/C=C\C/C=C\C/C=C\C/C=C\CCCCCCCCCCC(=O)OC(COC(=O)CCCCCCCCCCCCCCCCCCCCCCCCCC)COP(=O)(O)OC1C(O)C(O)C(O)C(O)C1O. The monoisotopic (exact) mass is 1070 g/mol. The van der Waals surface area contributed by atoms with Crippen LogP contribution in [0.5, 0.6) is 0 Å². The lowest BCUT2D eigenvalue weighted by molar-refractivity contribution is -0.220. The molecule has 1 aliphatic rings. The molecule has 1 aliphatic carbocycles. The minimum atomic E-state index is -5.13. The smallest absolute Gasteiger partial charge is 0.462 e. The van der Waals surface area contributed by atoms with E-state index >= 15 is 0 Å². The van der Waals surface area contributed by atoms with Gasteiger partial charge in [-0.15, -0.1) is 0 Å². The Morgan fingerprint density at radius 1 is 0.432 bits per heavy atom. The molecule has 74 heavy (non-hydrogen) atoms. The normalized spacial score (nSPS) is 20.6. The number of phosphoric acid groups is 1. The average Bonchev–Trinajstić information content (AvgIpc) is 3.38. The molecule has 0 aromatic carbocycles. The highest BCUT2D eigenvalue weighted by Crippen LogP contribution is 2.47. The van der Waals surface area contributed by atoms with E-state index in [2.05, 4.69) is 62.5 Å². The van der Waals surface area contributed by atoms with Gasteiger partial charge in [0.05, 0.1) is 6.61 Å². The summed E-state index contributed by atoms with van der Waals surface area (Å²) in [6, 6.07) is 0. The van der Waals surface area contributed by atoms with Crippen LogP contribution < -0.4 is 0 Å². The molecule has 6 N–H and O–H groups in total. The number of allylic oxidation sites excluding steroid dienone is 8. The van der Waals surface area contributed by atoms with Crippen molar-refractivity contribution in [3.8, 4) is 0 Å². The molecule has 0 saturated heterocycles. The zero-order valence-electron chi connectivity index (χ0n) is 46.6. The van der Waals surface area contributed by atoms with Crippen molar-refractivity contribution < 1.29 is 63.1 Å². The molecular formula is C60H109O13P. The fourth-order valence-electron chi connectivity index (χ4n) is 9.22. The molecular weight excluding hydrogens is 960 g/mol. The van der Waals surface area contributed by atoms with Gasteiger partial charge in [0, 0.05) is 12.8 Å². The van der Waals surface area contributed by atoms with Gasteiger partial charge < -0.3 is 39.9 Å². The largest absolute Gasteiger partial charge is 0.472 e. The second-order valence-corrected chi connectivity index (χ2v) is 22.2. The molecule has 0 aromatic rings. The van der Waals surface area contributed by atoms with Crippen molar-refractivity contribution in [3.63, 3.8) is 0 Å². The lowest BCUT2D eigenvalue weighted by atomic mass is 9.85. The van der Waals surface area contributed by atoms with Gasteiger partial charge in [-0.1, -0.05) is 249 Å². The van der Waals surface area contributed by atoms with Crippen LogP contribution in [0, 0.1) is 0 Å². The lowest BCUT2D eigenvalue weighted by Gasteiger charge is -2.41. The van der Waals surface area contributed by atoms with Crippen molar-refractivity contribution in [2.75, 3.05) is 13.2 Å². The highest BCUT2D eigenvalue weighted by Gasteiger charge is 2.51. The molecule has 14 heteroatoms. The number of aliphatic hydroxyl groups excluding tert-OH is 5. The van der Waals surface area contributed by atoms with E-state index < -0.39 is 75.7 Å². The first-order chi connectivity index (χ1) is 35.9. The van der Waals surface area contributed by atoms with E-state index in [9.17, 15) is 44.6 Å². The van der Waals surface area contributed by atoms with Crippen molar-refractivity contribution in [3.05, 3.63) is 48.6 Å². The third kappa shape index (κ3) is 40.1. The Balaban J connectivity index is 2.31. The third-order valence-corrected chi connectivity index (χ3v) is 14.9. The van der Waals surface area contributed by atoms with Crippen LogP contribution in [0.3, 0.4) is 0 Å². The summed E-state index contributed by atoms with van der Waals surface area (Å²) in [6.07, 6.45) is 48.7. The Morgan fingerprint density at radius 2 is 0.770 bits per heavy atom. The van der Waals surface area contributed by atoms with Crippen LogP contribution in [-0.4, -0.2) is 98.3 Å². The molecule has 0 aliphatic heterocycles. The summed E-state index contributed by atoms with van der Waals surface area (Å²) in [5.74, 6) is -1.10. The van der Waals surface area contributed by atoms with E-state index in [-0.39, 0.29) is 12.8 Å². The second kappa shape index (κ2) is 49.1. The van der Waals surface area contributed by atoms with Crippen LogP contribution in [-0.2, 0) is 32.7 Å². The minimum Gasteiger partial charge on any atom is -0.462 e. The van der Waals surface area contributed by atoms with E-state index in [1.807, 2.05) is 0 Å². The van der Waals surface area contributed by atoms with Gasteiger partial charge in [-0.25, -0.2) is 4.57 Å². The van der Waals surface area contributed by atoms with Crippen LogP contribution in [0.25, 0.3) is 0 Å². The molecule has 432 valence electrons. The Morgan fingerprint density at radius 3 is 1.18 bits per heavy atom. The summed E-state index contributed by atoms with van der Waals surface area (Å²) in [5.41, 5.74) is 0. The first-order valence-electron chi connectivity index (χ1n) is 29.9. The second-order valence-electron chi connectivity index (χ2n) is 20.8. The minimum absolute atomic E-state index is 0.0880. The van der Waals surface area contributed by atoms with Crippen LogP contribution in [0.4, 0.5) is 0 Å². The van der Waals surface area contributed by atoms with Crippen molar-refractivity contribution in [1.82, 2.24) is 0 Å². The Bertz CT molecular complexity index is 1470. The topological polar surface area (TPSA) is 210 Å². The van der Waals surface area contributed by atoms with Gasteiger partial charge in [-0.05, 0) is 51.4 Å². The van der Waals surface area contributed by atoms with Crippen LogP contribution >= 0.6 is 7.82 Å². The average molecular weight is 1070 g/mol. The molecule has 13 nitrogen and oxygen atoms in total. The zero-order valence-corrected chi connectivity index (χ0v) is 47.5. The number of hydrogen-bond acceptors (Lipinski definition) is 12. The van der Waals surface area contributed by atoms with Gasteiger partial charge in [0.15, 0.2) is 6.10 Å². The molecule has 0 aromatic heterocycles. The van der Waals surface area contributed by atoms with Crippen molar-refractivity contribution in [2.24, 2.45) is 0 Å². The maximum absolute atomic E-state index is 12.9. The zero-order chi connectivity index (χ0) is 54.2. The van der Waals surface area contributed by atoms with Crippen molar-refractivity contribution >= 4 is 19.8 Å². The molecule has 0 spiro atoms. The quantitative estimate of drug-likeness (QED) is 0.0145. The Labute approximate surface area is 450 Å². The Kier molecular flexibility index (Phi) is 46.4. The van der Waals surface area contributed by atoms with Crippen LogP contribution in [0.15, 0.2) is 48.6 Å². The Hall–Kier alpha value is -2.19. The van der Waals surface area contributed by atoms with E-state index in [0.29, 0.717) is 12.8 Å². The fourth-order valence-corrected chi connectivity index (χ4v) is 10.2. The fraction of sp³-hybridized carbons (Fsp3) is 0.833. The van der Waals surface area contributed by atoms with Gasteiger partial charge in [-0.3, -0.25) is 18.6 Å². The van der Waals surface area contributed by atoms with E-state index in [0.717, 1.165) is 83.5 Å². The summed E-state index contributed by atoms with van der Waals surface area (Å²) in [5, 5.41) is 50.4. The molecule has 6 atom stereocenters. The summed E-state index contributed by atoms with van der Waals surface area (Å²) in [4.78, 5) is 36.0. The summed E-state index contributed by atoms with van der Waals surface area (Å²) in [7, 11) is -5.13. The number of phosphoric ester groups is 1. The molecule has 6 unspecified atom stereocenters. The lowest BCUT2D eigenvalue weighted by Crippen LogP contribution is -2.64. The summed E-state index contributed by atoms with van der Waals surface area (Å²) < 4.78 is 33.8. The van der Waals surface area contributed by atoms with Gasteiger partial charge in [0.2, 0.25) is 0 Å². The molecule has 0 heterocycles. The van der Waals surface area contributed by atoms with Crippen molar-refractivity contribution in [1.29, 1.82) is 0 Å². The predicted octanol–water partition coefficient (Wildman–Crippen LogP) is 14.2.